The van der Waals surface area contributed by atoms with Crippen molar-refractivity contribution < 1.29 is 27.4 Å². The Bertz CT molecular complexity index is 1980. The van der Waals surface area contributed by atoms with Gasteiger partial charge in [-0.1, -0.05) is 49.4 Å². The predicted octanol–water partition coefficient (Wildman–Crippen LogP) is 6.79. The molecule has 0 fully saturated rings. The number of nitriles is 1. The Balaban J connectivity index is 1.35. The van der Waals surface area contributed by atoms with Gasteiger partial charge in [-0.25, -0.2) is 8.42 Å². The molecule has 1 aliphatic rings. The number of nitrogens with one attached hydrogen (secondary N) is 1. The van der Waals surface area contributed by atoms with Crippen LogP contribution >= 0.6 is 11.6 Å². The van der Waals surface area contributed by atoms with Crippen LogP contribution in [0.15, 0.2) is 79.3 Å². The van der Waals surface area contributed by atoms with Gasteiger partial charge in [0, 0.05) is 48.4 Å². The Labute approximate surface area is 292 Å². The second kappa shape index (κ2) is 16.1. The highest BCUT2D eigenvalue weighted by Crippen LogP contribution is 2.37. The summed E-state index contributed by atoms with van der Waals surface area (Å²) < 4.78 is 51.5. The van der Waals surface area contributed by atoms with Crippen molar-refractivity contribution in [2.24, 2.45) is 0 Å². The van der Waals surface area contributed by atoms with Gasteiger partial charge >= 0.3 is 0 Å². The molecule has 3 aromatic carbocycles. The lowest BCUT2D eigenvalue weighted by Crippen LogP contribution is -2.32. The average molecular weight is 703 g/mol. The van der Waals surface area contributed by atoms with E-state index < -0.39 is 10.0 Å². The topological polar surface area (TPSA) is 123 Å². The Morgan fingerprint density at radius 1 is 1.04 bits per heavy atom. The van der Waals surface area contributed by atoms with Crippen molar-refractivity contribution in [2.75, 3.05) is 32.6 Å². The van der Waals surface area contributed by atoms with Crippen molar-refractivity contribution in [3.8, 4) is 40.2 Å². The zero-order valence-corrected chi connectivity index (χ0v) is 29.4. The van der Waals surface area contributed by atoms with Crippen molar-refractivity contribution in [2.45, 2.75) is 40.0 Å². The summed E-state index contributed by atoms with van der Waals surface area (Å²) in [5, 5.41) is 9.69. The van der Waals surface area contributed by atoms with Gasteiger partial charge in [0.1, 0.15) is 44.0 Å². The summed E-state index contributed by atoms with van der Waals surface area (Å²) in [5.41, 5.74) is 6.43. The predicted molar refractivity (Wildman–Crippen MR) is 189 cm³/mol. The molecule has 49 heavy (non-hydrogen) atoms. The highest BCUT2D eigenvalue weighted by atomic mass is 35.5. The highest BCUT2D eigenvalue weighted by molar-refractivity contribution is 7.89. The Hall–Kier alpha value is -4.76. The highest BCUT2D eigenvalue weighted by Gasteiger charge is 2.18. The summed E-state index contributed by atoms with van der Waals surface area (Å²) in [6.07, 6.45) is 3.64. The largest absolute Gasteiger partial charge is 0.488 e. The van der Waals surface area contributed by atoms with Crippen molar-refractivity contribution in [3.63, 3.8) is 0 Å². The van der Waals surface area contributed by atoms with Crippen LogP contribution in [0.1, 0.15) is 41.2 Å². The van der Waals surface area contributed by atoms with Gasteiger partial charge in [-0.05, 0) is 66.9 Å². The number of allylic oxidation sites excluding steroid dienone is 1. The van der Waals surface area contributed by atoms with Gasteiger partial charge in [0.15, 0.2) is 11.5 Å². The number of halogens is 1. The van der Waals surface area contributed by atoms with E-state index in [2.05, 4.69) is 35.3 Å². The number of fused-ring (bicyclic) bond motifs is 1. The third kappa shape index (κ3) is 9.44. The van der Waals surface area contributed by atoms with Crippen LogP contribution in [0.3, 0.4) is 0 Å². The van der Waals surface area contributed by atoms with Crippen LogP contribution in [0.25, 0.3) is 11.1 Å². The van der Waals surface area contributed by atoms with Crippen molar-refractivity contribution in [3.05, 3.63) is 112 Å². The van der Waals surface area contributed by atoms with E-state index in [-0.39, 0.29) is 25.5 Å². The SMILES string of the molecule is C=C(CC)NS(=O)(=O)CCN(C)Cc1cc(Cl)c(OCc2cccc(-c3ccc4c(c3)OCCO4)c2C)cc1OCc1cncc(C#N)c1. The second-order valence-electron chi connectivity index (χ2n) is 11.7. The maximum absolute atomic E-state index is 12.5. The third-order valence-electron chi connectivity index (χ3n) is 8.02. The smallest absolute Gasteiger partial charge is 0.233 e. The maximum atomic E-state index is 12.5. The first-order chi connectivity index (χ1) is 23.5. The van der Waals surface area contributed by atoms with E-state index in [0.29, 0.717) is 54.0 Å². The number of nitrogens with zero attached hydrogens (tertiary/aromatic N) is 3. The minimum absolute atomic E-state index is 0.106. The molecular weight excluding hydrogens is 664 g/mol. The molecule has 0 atom stereocenters. The molecule has 0 radical (unpaired) electrons. The number of ether oxygens (including phenoxy) is 4. The first-order valence-corrected chi connectivity index (χ1v) is 17.9. The van der Waals surface area contributed by atoms with Gasteiger partial charge in [0.2, 0.25) is 10.0 Å². The first kappa shape index (κ1) is 35.5. The summed E-state index contributed by atoms with van der Waals surface area (Å²) in [6.45, 7) is 9.69. The standard InChI is InChI=1S/C37H39ClN4O6S/c1-5-25(2)41-49(43,44)14-11-42(4)22-31-16-33(38)36(18-35(31)47-23-28-15-27(19-39)20-40-21-28)48-24-30-7-6-8-32(26(30)3)29-9-10-34-37(17-29)46-13-12-45-34/h6-10,15-18,20-21,41H,2,5,11-14,22-24H2,1,3-4H3. The average Bonchev–Trinajstić information content (AvgIpc) is 3.10. The van der Waals surface area contributed by atoms with Gasteiger partial charge < -0.3 is 23.8 Å². The zero-order valence-electron chi connectivity index (χ0n) is 27.8. The fourth-order valence-corrected chi connectivity index (χ4v) is 6.72. The lowest BCUT2D eigenvalue weighted by Gasteiger charge is -2.21. The first-order valence-electron chi connectivity index (χ1n) is 15.8. The minimum Gasteiger partial charge on any atom is -0.488 e. The minimum atomic E-state index is -3.53. The Kier molecular flexibility index (Phi) is 11.7. The summed E-state index contributed by atoms with van der Waals surface area (Å²) in [6, 6.07) is 19.3. The van der Waals surface area contributed by atoms with Gasteiger partial charge in [-0.2, -0.15) is 5.26 Å². The van der Waals surface area contributed by atoms with E-state index in [1.54, 1.807) is 24.4 Å². The van der Waals surface area contributed by atoms with Gasteiger partial charge in [-0.3, -0.25) is 9.71 Å². The molecule has 0 unspecified atom stereocenters. The van der Waals surface area contributed by atoms with Crippen molar-refractivity contribution in [1.29, 1.82) is 5.26 Å². The fourth-order valence-electron chi connectivity index (χ4n) is 5.24. The number of sulfonamides is 1. The van der Waals surface area contributed by atoms with Gasteiger partial charge in [0.25, 0.3) is 0 Å². The van der Waals surface area contributed by atoms with Crippen LogP contribution in [0.4, 0.5) is 0 Å². The monoisotopic (exact) mass is 702 g/mol. The van der Waals surface area contributed by atoms with Crippen LogP contribution in [0, 0.1) is 18.3 Å². The van der Waals surface area contributed by atoms with E-state index >= 15 is 0 Å². The van der Waals surface area contributed by atoms with E-state index in [1.165, 1.54) is 6.20 Å². The molecule has 12 heteroatoms. The van der Waals surface area contributed by atoms with Crippen LogP contribution in [0.5, 0.6) is 23.0 Å². The van der Waals surface area contributed by atoms with E-state index in [1.807, 2.05) is 49.2 Å². The number of pyridine rings is 1. The summed E-state index contributed by atoms with van der Waals surface area (Å²) in [7, 11) is -1.71. The molecule has 256 valence electrons. The van der Waals surface area contributed by atoms with E-state index in [4.69, 9.17) is 30.5 Å². The Morgan fingerprint density at radius 2 is 1.82 bits per heavy atom. The number of hydrogen-bond acceptors (Lipinski definition) is 9. The molecule has 1 aromatic heterocycles. The summed E-state index contributed by atoms with van der Waals surface area (Å²) in [5.74, 6) is 2.30. The van der Waals surface area contributed by atoms with E-state index in [9.17, 15) is 13.7 Å². The number of hydrogen-bond donors (Lipinski definition) is 1. The number of aromatic nitrogens is 1. The Morgan fingerprint density at radius 3 is 2.59 bits per heavy atom. The number of rotatable bonds is 15. The van der Waals surface area contributed by atoms with E-state index in [0.717, 1.165) is 44.9 Å². The molecular formula is C37H39ClN4O6S. The normalized spacial score (nSPS) is 12.3. The molecule has 0 amide bonds. The molecule has 5 rings (SSSR count). The maximum Gasteiger partial charge on any atom is 0.233 e. The van der Waals surface area contributed by atoms with Crippen LogP contribution in [0.2, 0.25) is 5.02 Å². The molecule has 1 aliphatic heterocycles. The molecule has 0 spiro atoms. The quantitative estimate of drug-likeness (QED) is 0.143. The molecule has 1 N–H and O–H groups in total. The molecule has 0 saturated heterocycles. The third-order valence-corrected chi connectivity index (χ3v) is 9.64. The summed E-state index contributed by atoms with van der Waals surface area (Å²) >= 11 is 6.78. The molecule has 0 bridgehead atoms. The van der Waals surface area contributed by atoms with Gasteiger partial charge in [-0.15, -0.1) is 0 Å². The molecule has 10 nitrogen and oxygen atoms in total. The summed E-state index contributed by atoms with van der Waals surface area (Å²) in [4.78, 5) is 6.00. The lowest BCUT2D eigenvalue weighted by molar-refractivity contribution is 0.171. The second-order valence-corrected chi connectivity index (χ2v) is 14.0. The molecule has 4 aromatic rings. The lowest BCUT2D eigenvalue weighted by atomic mass is 9.96. The zero-order chi connectivity index (χ0) is 35.0. The van der Waals surface area contributed by atoms with Crippen molar-refractivity contribution in [1.82, 2.24) is 14.6 Å². The molecule has 0 saturated carbocycles. The van der Waals surface area contributed by atoms with Crippen LogP contribution in [-0.4, -0.2) is 50.9 Å². The number of benzene rings is 3. The van der Waals surface area contributed by atoms with Crippen LogP contribution < -0.4 is 23.7 Å². The fraction of sp³-hybridized carbons (Fsp3) is 0.297. The molecule has 0 aliphatic carbocycles. The molecule has 2 heterocycles. The van der Waals surface area contributed by atoms with Crippen molar-refractivity contribution >= 4 is 21.6 Å². The van der Waals surface area contributed by atoms with Crippen LogP contribution in [-0.2, 0) is 29.8 Å². The van der Waals surface area contributed by atoms with Gasteiger partial charge in [0.05, 0.1) is 16.3 Å².